The van der Waals surface area contributed by atoms with E-state index in [-0.39, 0.29) is 5.71 Å². The molecule has 74 valence electrons. The SMILES string of the molecule is CO/N=C(/C(=O)OC)c1ccccn1. The van der Waals surface area contributed by atoms with E-state index >= 15 is 0 Å². The van der Waals surface area contributed by atoms with Crippen LogP contribution in [0.2, 0.25) is 0 Å². The molecule has 0 spiro atoms. The number of nitrogens with zero attached hydrogens (tertiary/aromatic N) is 2. The van der Waals surface area contributed by atoms with E-state index in [4.69, 9.17) is 0 Å². The molecule has 0 fully saturated rings. The number of esters is 1. The highest BCUT2D eigenvalue weighted by Gasteiger charge is 2.16. The minimum Gasteiger partial charge on any atom is -0.464 e. The molecular formula is C9H10N2O3. The number of aromatic nitrogens is 1. The average molecular weight is 194 g/mol. The van der Waals surface area contributed by atoms with E-state index < -0.39 is 5.97 Å². The van der Waals surface area contributed by atoms with Crippen LogP contribution in [0.5, 0.6) is 0 Å². The summed E-state index contributed by atoms with van der Waals surface area (Å²) in [5, 5.41) is 3.54. The van der Waals surface area contributed by atoms with Gasteiger partial charge in [-0.15, -0.1) is 0 Å². The maximum Gasteiger partial charge on any atom is 0.362 e. The molecule has 0 radical (unpaired) electrons. The lowest BCUT2D eigenvalue weighted by atomic mass is 10.2. The Balaban J connectivity index is 3.02. The predicted octanol–water partition coefficient (Wildman–Crippen LogP) is 0.605. The van der Waals surface area contributed by atoms with Crippen LogP contribution in [0.3, 0.4) is 0 Å². The van der Waals surface area contributed by atoms with Crippen molar-refractivity contribution in [2.24, 2.45) is 5.16 Å². The molecule has 0 atom stereocenters. The van der Waals surface area contributed by atoms with Crippen molar-refractivity contribution in [3.8, 4) is 0 Å². The molecule has 0 bridgehead atoms. The molecule has 0 aliphatic rings. The van der Waals surface area contributed by atoms with E-state index in [0.29, 0.717) is 5.69 Å². The molecular weight excluding hydrogens is 184 g/mol. The minimum atomic E-state index is -0.578. The Morgan fingerprint density at radius 3 is 2.71 bits per heavy atom. The summed E-state index contributed by atoms with van der Waals surface area (Å²) >= 11 is 0. The van der Waals surface area contributed by atoms with Crippen molar-refractivity contribution in [2.75, 3.05) is 14.2 Å². The van der Waals surface area contributed by atoms with Gasteiger partial charge in [-0.1, -0.05) is 11.2 Å². The average Bonchev–Trinajstić information content (AvgIpc) is 2.26. The Hall–Kier alpha value is -1.91. The first-order valence-electron chi connectivity index (χ1n) is 3.90. The largest absolute Gasteiger partial charge is 0.464 e. The molecule has 1 rings (SSSR count). The Kier molecular flexibility index (Phi) is 3.60. The number of carbonyl (C=O) groups is 1. The van der Waals surface area contributed by atoms with Crippen molar-refractivity contribution in [1.29, 1.82) is 0 Å². The van der Waals surface area contributed by atoms with Crippen molar-refractivity contribution in [1.82, 2.24) is 4.98 Å². The Morgan fingerprint density at radius 1 is 1.43 bits per heavy atom. The number of hydrogen-bond acceptors (Lipinski definition) is 5. The number of oxime groups is 1. The van der Waals surface area contributed by atoms with Gasteiger partial charge in [-0.05, 0) is 12.1 Å². The summed E-state index contributed by atoms with van der Waals surface area (Å²) in [6, 6.07) is 5.14. The van der Waals surface area contributed by atoms with Crippen LogP contribution in [0.15, 0.2) is 29.6 Å². The molecule has 5 nitrogen and oxygen atoms in total. The predicted molar refractivity (Wildman–Crippen MR) is 49.8 cm³/mol. The molecule has 1 aromatic rings. The summed E-state index contributed by atoms with van der Waals surface area (Å²) in [7, 11) is 2.63. The summed E-state index contributed by atoms with van der Waals surface area (Å²) in [6.07, 6.45) is 1.56. The number of hydrogen-bond donors (Lipinski definition) is 0. The molecule has 5 heteroatoms. The summed E-state index contributed by atoms with van der Waals surface area (Å²) < 4.78 is 4.53. The van der Waals surface area contributed by atoms with Crippen LogP contribution in [-0.4, -0.2) is 30.9 Å². The highest BCUT2D eigenvalue weighted by Crippen LogP contribution is 1.99. The van der Waals surface area contributed by atoms with Gasteiger partial charge < -0.3 is 9.57 Å². The molecule has 0 unspecified atom stereocenters. The third kappa shape index (κ3) is 2.29. The van der Waals surface area contributed by atoms with Crippen LogP contribution in [0.25, 0.3) is 0 Å². The van der Waals surface area contributed by atoms with E-state index in [2.05, 4.69) is 19.7 Å². The van der Waals surface area contributed by atoms with Crippen LogP contribution < -0.4 is 0 Å². The number of ether oxygens (including phenoxy) is 1. The molecule has 0 saturated heterocycles. The molecule has 0 amide bonds. The van der Waals surface area contributed by atoms with E-state index in [0.717, 1.165) is 0 Å². The Morgan fingerprint density at radius 2 is 2.21 bits per heavy atom. The zero-order chi connectivity index (χ0) is 10.4. The lowest BCUT2D eigenvalue weighted by Crippen LogP contribution is -2.18. The zero-order valence-electron chi connectivity index (χ0n) is 7.93. The fraction of sp³-hybridized carbons (Fsp3) is 0.222. The quantitative estimate of drug-likeness (QED) is 0.401. The molecule has 0 N–H and O–H groups in total. The normalized spacial score (nSPS) is 10.9. The van der Waals surface area contributed by atoms with Crippen molar-refractivity contribution < 1.29 is 14.4 Å². The van der Waals surface area contributed by atoms with Crippen LogP contribution in [0, 0.1) is 0 Å². The molecule has 0 aromatic carbocycles. The molecule has 1 aromatic heterocycles. The smallest absolute Gasteiger partial charge is 0.362 e. The van der Waals surface area contributed by atoms with Crippen molar-refractivity contribution in [3.05, 3.63) is 30.1 Å². The topological polar surface area (TPSA) is 60.8 Å². The first-order chi connectivity index (χ1) is 6.79. The van der Waals surface area contributed by atoms with Gasteiger partial charge in [-0.3, -0.25) is 4.98 Å². The van der Waals surface area contributed by atoms with Gasteiger partial charge in [-0.25, -0.2) is 4.79 Å². The molecule has 0 aliphatic heterocycles. The third-order valence-corrected chi connectivity index (χ3v) is 1.47. The van der Waals surface area contributed by atoms with Crippen molar-refractivity contribution in [3.63, 3.8) is 0 Å². The lowest BCUT2D eigenvalue weighted by molar-refractivity contribution is -0.132. The number of carbonyl (C=O) groups excluding carboxylic acids is 1. The second-order valence-corrected chi connectivity index (χ2v) is 2.33. The number of rotatable bonds is 3. The minimum absolute atomic E-state index is 0.0515. The highest BCUT2D eigenvalue weighted by molar-refractivity contribution is 6.42. The van der Waals surface area contributed by atoms with Gasteiger partial charge in [0.1, 0.15) is 7.11 Å². The van der Waals surface area contributed by atoms with Crippen molar-refractivity contribution >= 4 is 11.7 Å². The van der Waals surface area contributed by atoms with Gasteiger partial charge in [0.25, 0.3) is 0 Å². The third-order valence-electron chi connectivity index (χ3n) is 1.47. The van der Waals surface area contributed by atoms with Gasteiger partial charge in [0.05, 0.1) is 12.8 Å². The first kappa shape index (κ1) is 10.2. The van der Waals surface area contributed by atoms with Crippen LogP contribution in [0.1, 0.15) is 5.69 Å². The van der Waals surface area contributed by atoms with E-state index in [1.807, 2.05) is 0 Å². The second-order valence-electron chi connectivity index (χ2n) is 2.33. The van der Waals surface area contributed by atoms with Crippen LogP contribution in [-0.2, 0) is 14.4 Å². The summed E-state index contributed by atoms with van der Waals surface area (Å²) in [6.45, 7) is 0. The number of methoxy groups -OCH3 is 1. The monoisotopic (exact) mass is 194 g/mol. The van der Waals surface area contributed by atoms with Gasteiger partial charge in [-0.2, -0.15) is 0 Å². The molecule has 0 aliphatic carbocycles. The van der Waals surface area contributed by atoms with Crippen molar-refractivity contribution in [2.45, 2.75) is 0 Å². The van der Waals surface area contributed by atoms with E-state index in [1.54, 1.807) is 24.4 Å². The van der Waals surface area contributed by atoms with Gasteiger partial charge >= 0.3 is 5.97 Å². The Bertz CT molecular complexity index is 335. The maximum atomic E-state index is 11.2. The maximum absolute atomic E-state index is 11.2. The summed E-state index contributed by atoms with van der Waals surface area (Å²) in [4.78, 5) is 19.7. The van der Waals surface area contributed by atoms with Gasteiger partial charge in [0, 0.05) is 6.20 Å². The summed E-state index contributed by atoms with van der Waals surface area (Å²) in [5.74, 6) is -0.578. The molecule has 1 heterocycles. The fourth-order valence-corrected chi connectivity index (χ4v) is 0.879. The van der Waals surface area contributed by atoms with Gasteiger partial charge in [0.2, 0.25) is 5.71 Å². The lowest BCUT2D eigenvalue weighted by Gasteiger charge is -2.01. The second kappa shape index (κ2) is 4.96. The number of pyridine rings is 1. The standard InChI is InChI=1S/C9H10N2O3/c1-13-9(12)8(11-14-2)7-5-3-4-6-10-7/h3-6H,1-2H3/b11-8+. The van der Waals surface area contributed by atoms with E-state index in [9.17, 15) is 4.79 Å². The van der Waals surface area contributed by atoms with Crippen LogP contribution >= 0.6 is 0 Å². The fourth-order valence-electron chi connectivity index (χ4n) is 0.879. The molecule has 14 heavy (non-hydrogen) atoms. The zero-order valence-corrected chi connectivity index (χ0v) is 7.93. The van der Waals surface area contributed by atoms with E-state index in [1.165, 1.54) is 14.2 Å². The first-order valence-corrected chi connectivity index (χ1v) is 3.90. The highest BCUT2D eigenvalue weighted by atomic mass is 16.6. The Labute approximate surface area is 81.3 Å². The van der Waals surface area contributed by atoms with Gasteiger partial charge in [0.15, 0.2) is 0 Å². The molecule has 0 saturated carbocycles. The van der Waals surface area contributed by atoms with Crippen LogP contribution in [0.4, 0.5) is 0 Å². The summed E-state index contributed by atoms with van der Waals surface area (Å²) in [5.41, 5.74) is 0.469.